The Labute approximate surface area is 208 Å². The number of carbonyl (C=O) groups is 4. The molecule has 35 heavy (non-hydrogen) atoms. The van der Waals surface area contributed by atoms with E-state index < -0.39 is 17.5 Å². The number of amides is 5. The van der Waals surface area contributed by atoms with Gasteiger partial charge in [-0.05, 0) is 31.2 Å². The van der Waals surface area contributed by atoms with E-state index in [9.17, 15) is 19.2 Å². The Hall–Kier alpha value is -3.27. The van der Waals surface area contributed by atoms with Crippen LogP contribution in [0, 0.1) is 0 Å². The molecule has 1 saturated heterocycles. The second-order valence-electron chi connectivity index (χ2n) is 9.19. The summed E-state index contributed by atoms with van der Waals surface area (Å²) < 4.78 is 0. The fraction of sp³-hybridized carbons (Fsp3) is 0.480. The molecule has 2 fully saturated rings. The summed E-state index contributed by atoms with van der Waals surface area (Å²) in [6, 6.07) is 7.61. The van der Waals surface area contributed by atoms with Gasteiger partial charge in [0.25, 0.3) is 5.91 Å². The third-order valence-corrected chi connectivity index (χ3v) is 7.56. The summed E-state index contributed by atoms with van der Waals surface area (Å²) in [4.78, 5) is 56.5. The van der Waals surface area contributed by atoms with Gasteiger partial charge in [0, 0.05) is 31.5 Å². The number of likely N-dealkylation sites (N-methyl/N-ethyl adjacent to an activating group) is 1. The number of imide groups is 1. The van der Waals surface area contributed by atoms with Crippen LogP contribution in [0.2, 0.25) is 0 Å². The Bertz CT molecular complexity index is 1110. The van der Waals surface area contributed by atoms with Crippen molar-refractivity contribution in [2.45, 2.75) is 57.4 Å². The molecular weight excluding hydrogens is 466 g/mol. The molecule has 1 saturated carbocycles. The highest BCUT2D eigenvalue weighted by Crippen LogP contribution is 2.39. The fourth-order valence-corrected chi connectivity index (χ4v) is 5.57. The summed E-state index contributed by atoms with van der Waals surface area (Å²) >= 11 is 1.30. The van der Waals surface area contributed by atoms with Gasteiger partial charge < -0.3 is 15.5 Å². The van der Waals surface area contributed by atoms with Gasteiger partial charge in [0.15, 0.2) is 5.13 Å². The Morgan fingerprint density at radius 3 is 2.51 bits per heavy atom. The lowest BCUT2D eigenvalue weighted by molar-refractivity contribution is -0.136. The maximum Gasteiger partial charge on any atom is 0.327 e. The summed E-state index contributed by atoms with van der Waals surface area (Å²) in [5.74, 6) is -0.730. The molecule has 1 spiro atoms. The molecule has 1 aliphatic heterocycles. The van der Waals surface area contributed by atoms with Gasteiger partial charge in [0.2, 0.25) is 11.8 Å². The van der Waals surface area contributed by atoms with Gasteiger partial charge >= 0.3 is 6.03 Å². The minimum absolute atomic E-state index is 0.0223. The van der Waals surface area contributed by atoms with Crippen molar-refractivity contribution in [1.29, 1.82) is 0 Å². The smallest absolute Gasteiger partial charge is 0.327 e. The third kappa shape index (κ3) is 5.37. The molecule has 0 bridgehead atoms. The second-order valence-corrected chi connectivity index (χ2v) is 10.1. The van der Waals surface area contributed by atoms with Crippen molar-refractivity contribution in [2.24, 2.45) is 0 Å². The third-order valence-electron chi connectivity index (χ3n) is 6.80. The van der Waals surface area contributed by atoms with E-state index in [0.29, 0.717) is 24.5 Å². The maximum atomic E-state index is 13.1. The molecule has 0 atom stereocenters. The van der Waals surface area contributed by atoms with E-state index in [2.05, 4.69) is 15.6 Å². The Morgan fingerprint density at radius 2 is 1.83 bits per heavy atom. The average molecular weight is 498 g/mol. The van der Waals surface area contributed by atoms with Crippen LogP contribution in [0.5, 0.6) is 0 Å². The molecule has 5 amide bonds. The molecule has 10 heteroatoms. The highest BCUT2D eigenvalue weighted by Gasteiger charge is 2.55. The van der Waals surface area contributed by atoms with Gasteiger partial charge in [-0.25, -0.2) is 9.78 Å². The lowest BCUT2D eigenvalue weighted by atomic mass is 9.81. The first-order valence-corrected chi connectivity index (χ1v) is 12.9. The van der Waals surface area contributed by atoms with Crippen LogP contribution in [-0.4, -0.2) is 64.2 Å². The number of hydrogen-bond acceptors (Lipinski definition) is 6. The van der Waals surface area contributed by atoms with Crippen LogP contribution >= 0.6 is 11.3 Å². The van der Waals surface area contributed by atoms with Crippen molar-refractivity contribution < 1.29 is 19.2 Å². The number of rotatable bonds is 8. The number of aromatic nitrogens is 1. The fourth-order valence-electron chi connectivity index (χ4n) is 4.84. The molecule has 2 aromatic rings. The van der Waals surface area contributed by atoms with Crippen LogP contribution in [0.25, 0.3) is 11.3 Å². The molecule has 0 radical (unpaired) electrons. The highest BCUT2D eigenvalue weighted by molar-refractivity contribution is 7.14. The van der Waals surface area contributed by atoms with Crippen molar-refractivity contribution >= 4 is 40.2 Å². The maximum absolute atomic E-state index is 13.1. The molecule has 2 N–H and O–H groups in total. The zero-order valence-electron chi connectivity index (χ0n) is 20.1. The van der Waals surface area contributed by atoms with Crippen molar-refractivity contribution in [3.8, 4) is 11.3 Å². The number of anilines is 1. The quantitative estimate of drug-likeness (QED) is 0.429. The summed E-state index contributed by atoms with van der Waals surface area (Å²) in [7, 11) is 1.66. The SMILES string of the molecule is CC(=O)NCCCc1ccc(-c2csc(NC(=O)CN3C(=O)N(C)C4(CCCCC4)C3=O)n2)cc1. The van der Waals surface area contributed by atoms with E-state index in [1.54, 1.807) is 7.05 Å². The number of nitrogens with one attached hydrogen (secondary N) is 2. The van der Waals surface area contributed by atoms with E-state index in [1.807, 2.05) is 29.6 Å². The Balaban J connectivity index is 1.32. The van der Waals surface area contributed by atoms with Gasteiger partial charge in [0.1, 0.15) is 12.1 Å². The molecule has 1 aliphatic carbocycles. The molecule has 2 heterocycles. The minimum atomic E-state index is -0.792. The van der Waals surface area contributed by atoms with Crippen LogP contribution < -0.4 is 10.6 Å². The first kappa shape index (κ1) is 24.8. The molecule has 0 unspecified atom stereocenters. The molecule has 1 aromatic carbocycles. The van der Waals surface area contributed by atoms with Gasteiger partial charge in [-0.2, -0.15) is 0 Å². The number of benzene rings is 1. The van der Waals surface area contributed by atoms with Gasteiger partial charge in [0.05, 0.1) is 5.69 Å². The summed E-state index contributed by atoms with van der Waals surface area (Å²) in [6.45, 7) is 1.85. The second kappa shape index (κ2) is 10.6. The van der Waals surface area contributed by atoms with Crippen molar-refractivity contribution in [2.75, 3.05) is 25.5 Å². The van der Waals surface area contributed by atoms with Crippen LogP contribution in [0.1, 0.15) is 51.0 Å². The molecule has 4 rings (SSSR count). The minimum Gasteiger partial charge on any atom is -0.356 e. The van der Waals surface area contributed by atoms with E-state index >= 15 is 0 Å². The highest BCUT2D eigenvalue weighted by atomic mass is 32.1. The average Bonchev–Trinajstić information content (AvgIpc) is 3.37. The standard InChI is InChI=1S/C25H31N5O4S/c1-17(31)26-14-6-7-18-8-10-19(11-9-18)20-16-35-23(27-20)28-21(32)15-30-22(33)25(29(2)24(30)34)12-4-3-5-13-25/h8-11,16H,3-7,12-15H2,1-2H3,(H,26,31)(H,27,28,32). The lowest BCUT2D eigenvalue weighted by Crippen LogP contribution is -2.49. The normalized spacial score (nSPS) is 17.2. The molecule has 9 nitrogen and oxygen atoms in total. The van der Waals surface area contributed by atoms with Crippen molar-refractivity contribution in [3.63, 3.8) is 0 Å². The molecule has 2 aliphatic rings. The number of aryl methyl sites for hydroxylation is 1. The van der Waals surface area contributed by atoms with E-state index in [0.717, 1.165) is 48.3 Å². The molecule has 1 aromatic heterocycles. The van der Waals surface area contributed by atoms with Crippen LogP contribution in [-0.2, 0) is 20.8 Å². The summed E-state index contributed by atoms with van der Waals surface area (Å²) in [6.07, 6.45) is 5.90. The number of nitrogens with zero attached hydrogens (tertiary/aromatic N) is 3. The van der Waals surface area contributed by atoms with Crippen LogP contribution in [0.4, 0.5) is 9.93 Å². The predicted molar refractivity (Wildman–Crippen MR) is 134 cm³/mol. The van der Waals surface area contributed by atoms with Crippen LogP contribution in [0.3, 0.4) is 0 Å². The topological polar surface area (TPSA) is 112 Å². The first-order valence-electron chi connectivity index (χ1n) is 12.0. The number of thiazole rings is 1. The van der Waals surface area contributed by atoms with Gasteiger partial charge in [-0.15, -0.1) is 11.3 Å². The largest absolute Gasteiger partial charge is 0.356 e. The molecular formula is C25H31N5O4S. The monoisotopic (exact) mass is 497 g/mol. The zero-order chi connectivity index (χ0) is 25.0. The lowest BCUT2D eigenvalue weighted by Gasteiger charge is -2.35. The van der Waals surface area contributed by atoms with E-state index in [-0.39, 0.29) is 18.4 Å². The Morgan fingerprint density at radius 1 is 1.11 bits per heavy atom. The number of urea groups is 1. The zero-order valence-corrected chi connectivity index (χ0v) is 21.0. The first-order chi connectivity index (χ1) is 16.8. The van der Waals surface area contributed by atoms with E-state index in [4.69, 9.17) is 0 Å². The number of hydrogen-bond donors (Lipinski definition) is 2. The van der Waals surface area contributed by atoms with Crippen LogP contribution in [0.15, 0.2) is 29.6 Å². The summed E-state index contributed by atoms with van der Waals surface area (Å²) in [5.41, 5.74) is 2.05. The van der Waals surface area contributed by atoms with Gasteiger partial charge in [-0.1, -0.05) is 43.5 Å². The van der Waals surface area contributed by atoms with E-state index in [1.165, 1.54) is 28.7 Å². The predicted octanol–water partition coefficient (Wildman–Crippen LogP) is 3.41. The number of carbonyl (C=O) groups excluding carboxylic acids is 4. The Kier molecular flexibility index (Phi) is 7.49. The summed E-state index contributed by atoms with van der Waals surface area (Å²) in [5, 5.41) is 7.80. The van der Waals surface area contributed by atoms with Crippen molar-refractivity contribution in [1.82, 2.24) is 20.1 Å². The molecule has 186 valence electrons. The van der Waals surface area contributed by atoms with Crippen molar-refractivity contribution in [3.05, 3.63) is 35.2 Å². The van der Waals surface area contributed by atoms with Gasteiger partial charge in [-0.3, -0.25) is 19.3 Å².